The molecule has 1 heterocycles. The number of benzene rings is 1. The Morgan fingerprint density at radius 3 is 2.86 bits per heavy atom. The van der Waals surface area contributed by atoms with Crippen LogP contribution < -0.4 is 10.1 Å². The first-order valence-corrected chi connectivity index (χ1v) is 8.66. The van der Waals surface area contributed by atoms with E-state index in [1.165, 1.54) is 24.9 Å². The highest BCUT2D eigenvalue weighted by Gasteiger charge is 2.19. The van der Waals surface area contributed by atoms with E-state index >= 15 is 0 Å². The molecule has 0 radical (unpaired) electrons. The van der Waals surface area contributed by atoms with Crippen LogP contribution in [-0.2, 0) is 6.54 Å². The van der Waals surface area contributed by atoms with Crippen LogP contribution >= 0.6 is 15.9 Å². The number of halogens is 1. The zero-order valence-electron chi connectivity index (χ0n) is 13.4. The number of methoxy groups -OCH3 is 1. The third kappa shape index (κ3) is 5.28. The predicted octanol–water partition coefficient (Wildman–Crippen LogP) is 3.67. The predicted molar refractivity (Wildman–Crippen MR) is 91.8 cm³/mol. The second-order valence-corrected chi connectivity index (χ2v) is 7.25. The van der Waals surface area contributed by atoms with Gasteiger partial charge in [-0.3, -0.25) is 4.90 Å². The van der Waals surface area contributed by atoms with Crippen molar-refractivity contribution in [2.45, 2.75) is 39.3 Å². The van der Waals surface area contributed by atoms with E-state index in [1.54, 1.807) is 7.11 Å². The molecule has 0 aromatic heterocycles. The molecule has 0 amide bonds. The Labute approximate surface area is 137 Å². The summed E-state index contributed by atoms with van der Waals surface area (Å²) in [5.74, 6) is 1.65. The minimum absolute atomic E-state index is 0.641. The second-order valence-electron chi connectivity index (χ2n) is 6.34. The van der Waals surface area contributed by atoms with Crippen LogP contribution in [0.3, 0.4) is 0 Å². The Bertz CT molecular complexity index is 444. The maximum atomic E-state index is 5.51. The fourth-order valence-electron chi connectivity index (χ4n) is 3.06. The molecule has 0 aliphatic carbocycles. The fourth-order valence-corrected chi connectivity index (χ4v) is 3.46. The first-order valence-electron chi connectivity index (χ1n) is 7.86. The lowest BCUT2D eigenvalue weighted by Gasteiger charge is -2.28. The van der Waals surface area contributed by atoms with E-state index in [4.69, 9.17) is 4.74 Å². The highest BCUT2D eigenvalue weighted by atomic mass is 79.9. The number of nitrogens with one attached hydrogen (secondary N) is 1. The lowest BCUT2D eigenvalue weighted by Crippen LogP contribution is -2.39. The van der Waals surface area contributed by atoms with E-state index in [2.05, 4.69) is 46.1 Å². The molecule has 1 atom stereocenters. The number of nitrogens with zero attached hydrogens (tertiary/aromatic N) is 1. The lowest BCUT2D eigenvalue weighted by molar-refractivity contribution is 0.213. The summed E-state index contributed by atoms with van der Waals surface area (Å²) < 4.78 is 6.63. The maximum absolute atomic E-state index is 5.51. The summed E-state index contributed by atoms with van der Waals surface area (Å²) in [5, 5.41) is 3.60. The molecule has 0 saturated carbocycles. The molecule has 1 aliphatic heterocycles. The second kappa shape index (κ2) is 8.16. The molecule has 1 aromatic rings. The highest BCUT2D eigenvalue weighted by molar-refractivity contribution is 9.10. The topological polar surface area (TPSA) is 24.5 Å². The Kier molecular flexibility index (Phi) is 6.52. The summed E-state index contributed by atoms with van der Waals surface area (Å²) in [4.78, 5) is 2.55. The first kappa shape index (κ1) is 16.8. The highest BCUT2D eigenvalue weighted by Crippen LogP contribution is 2.25. The summed E-state index contributed by atoms with van der Waals surface area (Å²) in [5.41, 5.74) is 1.26. The van der Waals surface area contributed by atoms with Crippen molar-refractivity contribution in [2.24, 2.45) is 5.92 Å². The van der Waals surface area contributed by atoms with Gasteiger partial charge in [0, 0.05) is 35.7 Å². The van der Waals surface area contributed by atoms with E-state index in [1.807, 2.05) is 12.1 Å². The Morgan fingerprint density at radius 2 is 2.24 bits per heavy atom. The average molecular weight is 355 g/mol. The van der Waals surface area contributed by atoms with Crippen LogP contribution in [0.5, 0.6) is 5.75 Å². The van der Waals surface area contributed by atoms with Crippen LogP contribution in [0.1, 0.15) is 32.3 Å². The summed E-state index contributed by atoms with van der Waals surface area (Å²) in [6.07, 6.45) is 2.60. The summed E-state index contributed by atoms with van der Waals surface area (Å²) in [7, 11) is 1.75. The minimum atomic E-state index is 0.641. The summed E-state index contributed by atoms with van der Waals surface area (Å²) in [6.45, 7) is 8.92. The molecular formula is C17H27BrN2O. The van der Waals surface area contributed by atoms with Gasteiger partial charge in [-0.15, -0.1) is 0 Å². The van der Waals surface area contributed by atoms with Crippen molar-refractivity contribution < 1.29 is 4.74 Å². The number of rotatable bonds is 7. The van der Waals surface area contributed by atoms with Crippen LogP contribution in [0.4, 0.5) is 0 Å². The van der Waals surface area contributed by atoms with Gasteiger partial charge >= 0.3 is 0 Å². The van der Waals surface area contributed by atoms with Crippen LogP contribution in [0.25, 0.3) is 0 Å². The van der Waals surface area contributed by atoms with Gasteiger partial charge in [0.1, 0.15) is 5.75 Å². The van der Waals surface area contributed by atoms with Crippen molar-refractivity contribution in [2.75, 3.05) is 26.7 Å². The van der Waals surface area contributed by atoms with Gasteiger partial charge in [-0.05, 0) is 43.5 Å². The van der Waals surface area contributed by atoms with Gasteiger partial charge < -0.3 is 10.1 Å². The third-order valence-corrected chi connectivity index (χ3v) is 4.39. The molecule has 0 bridgehead atoms. The first-order chi connectivity index (χ1) is 10.1. The van der Waals surface area contributed by atoms with Crippen molar-refractivity contribution in [3.63, 3.8) is 0 Å². The summed E-state index contributed by atoms with van der Waals surface area (Å²) in [6, 6.07) is 6.89. The molecule has 1 aromatic carbocycles. The normalized spacial score (nSPS) is 18.7. The van der Waals surface area contributed by atoms with Crippen LogP contribution in [0, 0.1) is 5.92 Å². The van der Waals surface area contributed by atoms with Crippen molar-refractivity contribution >= 4 is 15.9 Å². The molecular weight excluding hydrogens is 328 g/mol. The lowest BCUT2D eigenvalue weighted by atomic mass is 10.1. The largest absolute Gasteiger partial charge is 0.496 e. The van der Waals surface area contributed by atoms with Crippen molar-refractivity contribution in [3.05, 3.63) is 28.2 Å². The molecule has 2 rings (SSSR count). The van der Waals surface area contributed by atoms with Crippen molar-refractivity contribution in [1.82, 2.24) is 10.2 Å². The molecule has 118 valence electrons. The molecule has 1 fully saturated rings. The number of hydrogen-bond donors (Lipinski definition) is 1. The van der Waals surface area contributed by atoms with Gasteiger partial charge in [-0.2, -0.15) is 0 Å². The zero-order chi connectivity index (χ0) is 15.2. The Balaban J connectivity index is 2.07. The molecule has 21 heavy (non-hydrogen) atoms. The Hall–Kier alpha value is -0.580. The average Bonchev–Trinajstić information content (AvgIpc) is 2.91. The minimum Gasteiger partial charge on any atom is -0.496 e. The van der Waals surface area contributed by atoms with Crippen molar-refractivity contribution in [1.29, 1.82) is 0 Å². The van der Waals surface area contributed by atoms with E-state index in [0.29, 0.717) is 12.0 Å². The zero-order valence-corrected chi connectivity index (χ0v) is 14.9. The van der Waals surface area contributed by atoms with Crippen LogP contribution in [-0.4, -0.2) is 37.7 Å². The molecule has 0 spiro atoms. The molecule has 1 unspecified atom stereocenters. The fraction of sp³-hybridized carbons (Fsp3) is 0.647. The third-order valence-electron chi connectivity index (χ3n) is 3.90. The molecule has 3 nitrogen and oxygen atoms in total. The monoisotopic (exact) mass is 354 g/mol. The quantitative estimate of drug-likeness (QED) is 0.808. The van der Waals surface area contributed by atoms with Gasteiger partial charge in [-0.25, -0.2) is 0 Å². The van der Waals surface area contributed by atoms with Gasteiger partial charge in [0.25, 0.3) is 0 Å². The van der Waals surface area contributed by atoms with E-state index in [9.17, 15) is 0 Å². The van der Waals surface area contributed by atoms with Gasteiger partial charge in [0.05, 0.1) is 7.11 Å². The molecule has 1 saturated heterocycles. The Morgan fingerprint density at radius 1 is 1.43 bits per heavy atom. The standard InChI is InChI=1S/C17H27BrN2O/c1-13(2)10-20(12-16-5-4-8-19-16)11-14-9-15(18)6-7-17(14)21-3/h6-7,9,13,16,19H,4-5,8,10-12H2,1-3H3. The van der Waals surface area contributed by atoms with E-state index < -0.39 is 0 Å². The van der Waals surface area contributed by atoms with Gasteiger partial charge in [-0.1, -0.05) is 29.8 Å². The molecule has 1 aliphatic rings. The summed E-state index contributed by atoms with van der Waals surface area (Å²) >= 11 is 3.57. The van der Waals surface area contributed by atoms with Gasteiger partial charge in [0.15, 0.2) is 0 Å². The van der Waals surface area contributed by atoms with Crippen LogP contribution in [0.2, 0.25) is 0 Å². The van der Waals surface area contributed by atoms with Gasteiger partial charge in [0.2, 0.25) is 0 Å². The molecule has 4 heteroatoms. The van der Waals surface area contributed by atoms with Crippen LogP contribution in [0.15, 0.2) is 22.7 Å². The number of ether oxygens (including phenoxy) is 1. The van der Waals surface area contributed by atoms with Crippen molar-refractivity contribution in [3.8, 4) is 5.75 Å². The van der Waals surface area contributed by atoms with E-state index in [-0.39, 0.29) is 0 Å². The maximum Gasteiger partial charge on any atom is 0.123 e. The smallest absolute Gasteiger partial charge is 0.123 e. The van der Waals surface area contributed by atoms with E-state index in [0.717, 1.165) is 29.9 Å². The SMILES string of the molecule is COc1ccc(Br)cc1CN(CC(C)C)CC1CCCN1. The molecule has 1 N–H and O–H groups in total. The number of hydrogen-bond acceptors (Lipinski definition) is 3.